The lowest BCUT2D eigenvalue weighted by atomic mass is 10.0. The number of nitrogens with one attached hydrogen (secondary N) is 1. The smallest absolute Gasteiger partial charge is 0.258 e. The molecule has 0 aliphatic rings. The number of benzene rings is 3. The number of nitrogens with zero attached hydrogens (tertiary/aromatic N) is 1. The van der Waals surface area contributed by atoms with Crippen LogP contribution in [-0.2, 0) is 6.42 Å². The topological polar surface area (TPSA) is 42.0 Å². The van der Waals surface area contributed by atoms with Crippen LogP contribution in [0.5, 0.6) is 0 Å². The van der Waals surface area contributed by atoms with Gasteiger partial charge in [0, 0.05) is 16.5 Å². The molecule has 1 N–H and O–H groups in total. The van der Waals surface area contributed by atoms with Crippen molar-refractivity contribution in [3.63, 3.8) is 0 Å². The van der Waals surface area contributed by atoms with Gasteiger partial charge in [-0.3, -0.25) is 10.1 Å². The second-order valence-electron chi connectivity index (χ2n) is 6.07. The maximum atomic E-state index is 12.7. The lowest BCUT2D eigenvalue weighted by molar-refractivity contribution is 0.102. The largest absolute Gasteiger partial charge is 0.298 e. The van der Waals surface area contributed by atoms with Crippen LogP contribution in [0.25, 0.3) is 22.0 Å². The lowest BCUT2D eigenvalue weighted by Crippen LogP contribution is -2.12. The maximum Gasteiger partial charge on any atom is 0.258 e. The van der Waals surface area contributed by atoms with E-state index in [1.807, 2.05) is 47.8 Å². The minimum Gasteiger partial charge on any atom is -0.298 e. The Hall–Kier alpha value is -2.98. The van der Waals surface area contributed by atoms with E-state index in [1.54, 1.807) is 0 Å². The fourth-order valence-electron chi connectivity index (χ4n) is 2.96. The molecule has 4 rings (SSSR count). The van der Waals surface area contributed by atoms with E-state index in [4.69, 9.17) is 0 Å². The number of aromatic nitrogens is 1. The molecule has 0 aliphatic heterocycles. The highest BCUT2D eigenvalue weighted by atomic mass is 32.1. The Morgan fingerprint density at radius 3 is 2.58 bits per heavy atom. The molecule has 0 spiro atoms. The Kier molecular flexibility index (Phi) is 4.50. The van der Waals surface area contributed by atoms with E-state index in [-0.39, 0.29) is 5.91 Å². The molecule has 1 aromatic heterocycles. The van der Waals surface area contributed by atoms with Gasteiger partial charge >= 0.3 is 0 Å². The number of aryl methyl sites for hydroxylation is 1. The van der Waals surface area contributed by atoms with Crippen molar-refractivity contribution < 1.29 is 4.79 Å². The predicted octanol–water partition coefficient (Wildman–Crippen LogP) is 5.78. The highest BCUT2D eigenvalue weighted by Crippen LogP contribution is 2.26. The summed E-state index contributed by atoms with van der Waals surface area (Å²) in [7, 11) is 0. The molecule has 0 saturated carbocycles. The molecule has 3 aromatic carbocycles. The summed E-state index contributed by atoms with van der Waals surface area (Å²) in [6.45, 7) is 2.14. The van der Waals surface area contributed by atoms with Gasteiger partial charge in [0.05, 0.1) is 5.69 Å². The minimum absolute atomic E-state index is 0.135. The van der Waals surface area contributed by atoms with Gasteiger partial charge in [-0.05, 0) is 28.8 Å². The summed E-state index contributed by atoms with van der Waals surface area (Å²) in [6.07, 6.45) is 1.02. The number of fused-ring (bicyclic) bond motifs is 1. The quantitative estimate of drug-likeness (QED) is 0.502. The molecule has 128 valence electrons. The molecule has 0 unspecified atom stereocenters. The molecular weight excluding hydrogens is 340 g/mol. The second kappa shape index (κ2) is 7.10. The zero-order valence-corrected chi connectivity index (χ0v) is 15.2. The van der Waals surface area contributed by atoms with Crippen LogP contribution in [0.15, 0.2) is 72.1 Å². The lowest BCUT2D eigenvalue weighted by Gasteiger charge is -2.06. The van der Waals surface area contributed by atoms with Gasteiger partial charge in [-0.25, -0.2) is 4.98 Å². The third kappa shape index (κ3) is 3.24. The van der Waals surface area contributed by atoms with Crippen LogP contribution in [-0.4, -0.2) is 10.9 Å². The highest BCUT2D eigenvalue weighted by molar-refractivity contribution is 7.14. The molecule has 0 bridgehead atoms. The SMILES string of the molecule is CCc1ccc(-c2csc(NC(=O)c3cccc4ccccc34)n2)cc1. The predicted molar refractivity (Wildman–Crippen MR) is 109 cm³/mol. The van der Waals surface area contributed by atoms with Gasteiger partial charge in [-0.1, -0.05) is 67.6 Å². The summed E-state index contributed by atoms with van der Waals surface area (Å²) in [5, 5.41) is 7.51. The van der Waals surface area contributed by atoms with Crippen molar-refractivity contribution in [1.29, 1.82) is 0 Å². The summed E-state index contributed by atoms with van der Waals surface area (Å²) in [5.74, 6) is -0.135. The summed E-state index contributed by atoms with van der Waals surface area (Å²) in [5.41, 5.74) is 3.90. The van der Waals surface area contributed by atoms with Gasteiger partial charge in [0.15, 0.2) is 5.13 Å². The Balaban J connectivity index is 1.57. The number of hydrogen-bond donors (Lipinski definition) is 1. The fraction of sp³-hybridized carbons (Fsp3) is 0.0909. The van der Waals surface area contributed by atoms with E-state index in [0.717, 1.165) is 28.5 Å². The number of rotatable bonds is 4. The Bertz CT molecular complexity index is 1060. The average Bonchev–Trinajstić information content (AvgIpc) is 3.16. The number of hydrogen-bond acceptors (Lipinski definition) is 3. The third-order valence-electron chi connectivity index (χ3n) is 4.42. The Morgan fingerprint density at radius 1 is 1.00 bits per heavy atom. The minimum atomic E-state index is -0.135. The molecule has 0 saturated heterocycles. The first-order valence-electron chi connectivity index (χ1n) is 8.58. The van der Waals surface area contributed by atoms with E-state index in [1.165, 1.54) is 16.9 Å². The second-order valence-corrected chi connectivity index (χ2v) is 6.93. The van der Waals surface area contributed by atoms with E-state index in [0.29, 0.717) is 10.7 Å². The van der Waals surface area contributed by atoms with E-state index in [2.05, 4.69) is 41.5 Å². The molecular formula is C22H18N2OS. The van der Waals surface area contributed by atoms with Crippen molar-refractivity contribution >= 4 is 33.1 Å². The first-order chi connectivity index (χ1) is 12.7. The van der Waals surface area contributed by atoms with Crippen molar-refractivity contribution in [1.82, 2.24) is 4.98 Å². The van der Waals surface area contributed by atoms with Crippen molar-refractivity contribution in [2.75, 3.05) is 5.32 Å². The van der Waals surface area contributed by atoms with E-state index >= 15 is 0 Å². The van der Waals surface area contributed by atoms with Crippen LogP contribution in [0, 0.1) is 0 Å². The van der Waals surface area contributed by atoms with Gasteiger partial charge in [-0.2, -0.15) is 0 Å². The van der Waals surface area contributed by atoms with Crippen LogP contribution in [0.2, 0.25) is 0 Å². The van der Waals surface area contributed by atoms with Crippen LogP contribution in [0.3, 0.4) is 0 Å². The van der Waals surface area contributed by atoms with Gasteiger partial charge in [0.2, 0.25) is 0 Å². The normalized spacial score (nSPS) is 10.8. The van der Waals surface area contributed by atoms with Gasteiger partial charge in [-0.15, -0.1) is 11.3 Å². The molecule has 3 nitrogen and oxygen atoms in total. The Labute approximate surface area is 156 Å². The number of carbonyl (C=O) groups excluding carboxylic acids is 1. The van der Waals surface area contributed by atoms with Crippen molar-refractivity contribution in [2.24, 2.45) is 0 Å². The maximum absolute atomic E-state index is 12.7. The van der Waals surface area contributed by atoms with Crippen LogP contribution >= 0.6 is 11.3 Å². The molecule has 1 amide bonds. The molecule has 0 aliphatic carbocycles. The van der Waals surface area contributed by atoms with E-state index in [9.17, 15) is 4.79 Å². The molecule has 26 heavy (non-hydrogen) atoms. The average molecular weight is 358 g/mol. The van der Waals surface area contributed by atoms with Gasteiger partial charge in [0.1, 0.15) is 0 Å². The first kappa shape index (κ1) is 16.5. The third-order valence-corrected chi connectivity index (χ3v) is 5.17. The standard InChI is InChI=1S/C22H18N2OS/c1-2-15-10-12-17(13-11-15)20-14-26-22(23-20)24-21(25)19-9-5-7-16-6-3-4-8-18(16)19/h3-14H,2H2,1H3,(H,23,24,25). The molecule has 1 heterocycles. The number of carbonyl (C=O) groups is 1. The summed E-state index contributed by atoms with van der Waals surface area (Å²) >= 11 is 1.44. The Morgan fingerprint density at radius 2 is 1.77 bits per heavy atom. The summed E-state index contributed by atoms with van der Waals surface area (Å²) in [4.78, 5) is 17.3. The number of amides is 1. The zero-order chi connectivity index (χ0) is 17.9. The molecule has 4 aromatic rings. The van der Waals surface area contributed by atoms with Crippen LogP contribution in [0.4, 0.5) is 5.13 Å². The molecule has 0 fully saturated rings. The number of thiazole rings is 1. The summed E-state index contributed by atoms with van der Waals surface area (Å²) in [6, 6.07) is 22.0. The van der Waals surface area contributed by atoms with Gasteiger partial charge < -0.3 is 0 Å². The van der Waals surface area contributed by atoms with Crippen LogP contribution in [0.1, 0.15) is 22.8 Å². The molecule has 4 heteroatoms. The van der Waals surface area contributed by atoms with Crippen LogP contribution < -0.4 is 5.32 Å². The molecule has 0 radical (unpaired) electrons. The molecule has 0 atom stereocenters. The van der Waals surface area contributed by atoms with Gasteiger partial charge in [0.25, 0.3) is 5.91 Å². The zero-order valence-electron chi connectivity index (χ0n) is 14.4. The summed E-state index contributed by atoms with van der Waals surface area (Å²) < 4.78 is 0. The van der Waals surface area contributed by atoms with Crippen molar-refractivity contribution in [3.8, 4) is 11.3 Å². The van der Waals surface area contributed by atoms with Crippen molar-refractivity contribution in [2.45, 2.75) is 13.3 Å². The monoisotopic (exact) mass is 358 g/mol. The number of anilines is 1. The van der Waals surface area contributed by atoms with E-state index < -0.39 is 0 Å². The fourth-order valence-corrected chi connectivity index (χ4v) is 3.68. The first-order valence-corrected chi connectivity index (χ1v) is 9.46. The van der Waals surface area contributed by atoms with Crippen molar-refractivity contribution in [3.05, 3.63) is 83.2 Å². The highest BCUT2D eigenvalue weighted by Gasteiger charge is 2.12.